The number of aryl methyl sites for hydroxylation is 1. The van der Waals surface area contributed by atoms with Crippen LogP contribution in [0.5, 0.6) is 0 Å². The Morgan fingerprint density at radius 2 is 1.72 bits per heavy atom. The smallest absolute Gasteiger partial charge is 0.231 e. The third-order valence-corrected chi connectivity index (χ3v) is 7.12. The molecule has 2 heterocycles. The Morgan fingerprint density at radius 3 is 2.31 bits per heavy atom. The normalized spacial score (nSPS) is 15.1. The second-order valence-corrected chi connectivity index (χ2v) is 9.81. The number of aromatic nitrogens is 1. The Morgan fingerprint density at radius 1 is 1.06 bits per heavy atom. The van der Waals surface area contributed by atoms with E-state index in [-0.39, 0.29) is 11.7 Å². The molecule has 0 aliphatic carbocycles. The van der Waals surface area contributed by atoms with E-state index in [0.717, 1.165) is 24.2 Å². The lowest BCUT2D eigenvalue weighted by molar-refractivity contribution is -0.130. The summed E-state index contributed by atoms with van der Waals surface area (Å²) in [5.41, 5.74) is 9.63. The maximum absolute atomic E-state index is 13.8. The van der Waals surface area contributed by atoms with E-state index in [1.165, 1.54) is 12.1 Å². The largest absolute Gasteiger partial charge is 0.369 e. The highest BCUT2D eigenvalue weighted by molar-refractivity contribution is 6.36. The van der Waals surface area contributed by atoms with Crippen molar-refractivity contribution >= 4 is 35.0 Å². The summed E-state index contributed by atoms with van der Waals surface area (Å²) in [6.45, 7) is 6.70. The van der Waals surface area contributed by atoms with Gasteiger partial charge in [0.25, 0.3) is 0 Å². The van der Waals surface area contributed by atoms with Crippen LogP contribution in [0.3, 0.4) is 0 Å². The average Bonchev–Trinajstić information content (AvgIpc) is 2.81. The molecule has 3 aromatic rings. The van der Waals surface area contributed by atoms with Gasteiger partial charge in [-0.2, -0.15) is 0 Å². The van der Waals surface area contributed by atoms with Gasteiger partial charge in [-0.15, -0.1) is 0 Å². The van der Waals surface area contributed by atoms with Crippen molar-refractivity contribution in [1.82, 2.24) is 14.8 Å². The molecule has 1 fully saturated rings. The monoisotopic (exact) mass is 528 g/mol. The van der Waals surface area contributed by atoms with Crippen LogP contribution in [0.1, 0.15) is 35.2 Å². The van der Waals surface area contributed by atoms with Gasteiger partial charge in [0.05, 0.1) is 11.4 Å². The summed E-state index contributed by atoms with van der Waals surface area (Å²) in [6.07, 6.45) is 0. The number of carbonyl (C=O) groups is 2. The number of piperazine rings is 1. The van der Waals surface area contributed by atoms with Crippen LogP contribution in [0, 0.1) is 12.7 Å². The lowest BCUT2D eigenvalue weighted by atomic mass is 9.92. The molecular formula is C27H27Cl2FN4O2. The number of primary amides is 1. The second kappa shape index (κ2) is 10.9. The van der Waals surface area contributed by atoms with Crippen LogP contribution in [-0.4, -0.2) is 52.8 Å². The lowest BCUT2D eigenvalue weighted by Gasteiger charge is -2.34. The number of nitrogens with two attached hydrogens (primary N) is 1. The van der Waals surface area contributed by atoms with Crippen LogP contribution >= 0.6 is 23.2 Å². The molecule has 1 atom stereocenters. The molecule has 1 aromatic heterocycles. The molecule has 6 nitrogen and oxygen atoms in total. The van der Waals surface area contributed by atoms with E-state index >= 15 is 0 Å². The molecule has 1 saturated heterocycles. The first kappa shape index (κ1) is 26.1. The van der Waals surface area contributed by atoms with Gasteiger partial charge in [-0.1, -0.05) is 29.3 Å². The summed E-state index contributed by atoms with van der Waals surface area (Å²) in [7, 11) is 0. The van der Waals surface area contributed by atoms with Gasteiger partial charge < -0.3 is 10.6 Å². The molecular weight excluding hydrogens is 502 g/mol. The summed E-state index contributed by atoms with van der Waals surface area (Å²) >= 11 is 12.9. The fourth-order valence-electron chi connectivity index (χ4n) is 4.60. The molecule has 1 aliphatic rings. The minimum absolute atomic E-state index is 0.0656. The van der Waals surface area contributed by atoms with E-state index in [9.17, 15) is 14.0 Å². The van der Waals surface area contributed by atoms with E-state index < -0.39 is 11.8 Å². The highest BCUT2D eigenvalue weighted by atomic mass is 35.5. The van der Waals surface area contributed by atoms with Crippen molar-refractivity contribution in [3.8, 4) is 11.3 Å². The Balaban J connectivity index is 1.79. The number of amides is 2. The van der Waals surface area contributed by atoms with Gasteiger partial charge in [0.15, 0.2) is 0 Å². The number of halogens is 3. The van der Waals surface area contributed by atoms with Crippen LogP contribution in [-0.2, 0) is 16.1 Å². The Bertz CT molecular complexity index is 1290. The average molecular weight is 529 g/mol. The predicted octanol–water partition coefficient (Wildman–Crippen LogP) is 4.78. The molecule has 9 heteroatoms. The van der Waals surface area contributed by atoms with Gasteiger partial charge >= 0.3 is 0 Å². The maximum Gasteiger partial charge on any atom is 0.231 e. The maximum atomic E-state index is 13.8. The number of carbonyl (C=O) groups excluding carboxylic acids is 2. The minimum Gasteiger partial charge on any atom is -0.369 e. The molecule has 2 N–H and O–H groups in total. The summed E-state index contributed by atoms with van der Waals surface area (Å²) in [5, 5.41) is 0.636. The van der Waals surface area contributed by atoms with Crippen molar-refractivity contribution < 1.29 is 14.0 Å². The molecule has 1 aliphatic heterocycles. The van der Waals surface area contributed by atoms with E-state index in [1.54, 1.807) is 31.2 Å². The zero-order valence-electron chi connectivity index (χ0n) is 20.1. The zero-order chi connectivity index (χ0) is 26.0. The van der Waals surface area contributed by atoms with E-state index in [0.29, 0.717) is 52.2 Å². The molecule has 0 saturated carbocycles. The molecule has 0 bridgehead atoms. The van der Waals surface area contributed by atoms with Gasteiger partial charge in [-0.25, -0.2) is 4.39 Å². The van der Waals surface area contributed by atoms with Crippen molar-refractivity contribution in [2.45, 2.75) is 26.3 Å². The molecule has 0 radical (unpaired) electrons. The molecule has 4 rings (SSSR count). The number of nitrogens with zero attached hydrogens (tertiary/aromatic N) is 3. The van der Waals surface area contributed by atoms with Crippen molar-refractivity contribution in [1.29, 1.82) is 0 Å². The van der Waals surface area contributed by atoms with Crippen molar-refractivity contribution in [3.63, 3.8) is 0 Å². The fourth-order valence-corrected chi connectivity index (χ4v) is 5.22. The highest BCUT2D eigenvalue weighted by Crippen LogP contribution is 2.36. The van der Waals surface area contributed by atoms with Crippen LogP contribution in [0.4, 0.5) is 4.39 Å². The molecule has 36 heavy (non-hydrogen) atoms. The lowest BCUT2D eigenvalue weighted by Crippen LogP contribution is -2.47. The number of benzene rings is 2. The fraction of sp³-hybridized carbons (Fsp3) is 0.296. The first-order valence-electron chi connectivity index (χ1n) is 11.6. The SMILES string of the molecule is CC(=O)N1CCN(Cc2cc(-c3ccc(F)cc3C)nc(C(C(N)=O)c3c(Cl)cccc3Cl)c2)CC1. The molecule has 188 valence electrons. The second-order valence-electron chi connectivity index (χ2n) is 9.00. The van der Waals surface area contributed by atoms with Gasteiger partial charge in [0.1, 0.15) is 11.7 Å². The van der Waals surface area contributed by atoms with E-state index in [1.807, 2.05) is 24.0 Å². The summed E-state index contributed by atoms with van der Waals surface area (Å²) in [4.78, 5) is 33.3. The number of hydrogen-bond donors (Lipinski definition) is 1. The standard InChI is InChI=1S/C27H27Cl2FN4O2/c1-16-12-19(30)6-7-20(16)23-13-18(15-33-8-10-34(11-9-33)17(2)35)14-24(32-23)26(27(31)36)25-21(28)4-3-5-22(25)29/h3-7,12-14,26H,8-11,15H2,1-2H3,(H2,31,36). The third kappa shape index (κ3) is 5.69. The molecule has 1 unspecified atom stereocenters. The topological polar surface area (TPSA) is 79.5 Å². The predicted molar refractivity (Wildman–Crippen MR) is 139 cm³/mol. The van der Waals surface area contributed by atoms with Gasteiger partial charge in [0, 0.05) is 60.8 Å². The van der Waals surface area contributed by atoms with Crippen LogP contribution in [0.25, 0.3) is 11.3 Å². The molecule has 0 spiro atoms. The first-order valence-corrected chi connectivity index (χ1v) is 12.4. The van der Waals surface area contributed by atoms with Crippen LogP contribution in [0.2, 0.25) is 10.0 Å². The van der Waals surface area contributed by atoms with Crippen LogP contribution in [0.15, 0.2) is 48.5 Å². The molecule has 2 aromatic carbocycles. The van der Waals surface area contributed by atoms with Gasteiger partial charge in [-0.05, 0) is 60.5 Å². The van der Waals surface area contributed by atoms with Crippen molar-refractivity contribution in [2.24, 2.45) is 5.73 Å². The Kier molecular flexibility index (Phi) is 7.93. The van der Waals surface area contributed by atoms with E-state index in [4.69, 9.17) is 33.9 Å². The van der Waals surface area contributed by atoms with Gasteiger partial charge in [0.2, 0.25) is 11.8 Å². The summed E-state index contributed by atoms with van der Waals surface area (Å²) < 4.78 is 13.8. The zero-order valence-corrected chi connectivity index (χ0v) is 21.6. The van der Waals surface area contributed by atoms with Crippen LogP contribution < -0.4 is 5.73 Å². The summed E-state index contributed by atoms with van der Waals surface area (Å²) in [6, 6.07) is 13.3. The Labute approximate surface area is 219 Å². The first-order chi connectivity index (χ1) is 17.1. The number of pyridine rings is 1. The third-order valence-electron chi connectivity index (χ3n) is 6.46. The Hall–Kier alpha value is -3.00. The quantitative estimate of drug-likeness (QED) is 0.499. The molecule has 2 amide bonds. The number of rotatable bonds is 6. The van der Waals surface area contributed by atoms with Gasteiger partial charge in [-0.3, -0.25) is 19.5 Å². The van der Waals surface area contributed by atoms with E-state index in [2.05, 4.69) is 4.90 Å². The number of hydrogen-bond acceptors (Lipinski definition) is 4. The summed E-state index contributed by atoms with van der Waals surface area (Å²) in [5.74, 6) is -1.88. The highest BCUT2D eigenvalue weighted by Gasteiger charge is 2.28. The minimum atomic E-state index is -0.972. The van der Waals surface area contributed by atoms with Crippen molar-refractivity contribution in [3.05, 3.63) is 86.8 Å². The van der Waals surface area contributed by atoms with Crippen molar-refractivity contribution in [2.75, 3.05) is 26.2 Å².